The molecular formula is C59H67O30+. The van der Waals surface area contributed by atoms with Crippen molar-refractivity contribution in [2.24, 2.45) is 0 Å². The summed E-state index contributed by atoms with van der Waals surface area (Å²) in [4.78, 5) is 25.4. The Morgan fingerprint density at radius 3 is 1.60 bits per heavy atom. The minimum Gasteiger partial charge on any atom is -0.508 e. The first-order chi connectivity index (χ1) is 42.5. The molecule has 9 rings (SSSR count). The lowest BCUT2D eigenvalue weighted by molar-refractivity contribution is -0.319. The van der Waals surface area contributed by atoms with Crippen LogP contribution >= 0.6 is 0 Å². The van der Waals surface area contributed by atoms with Gasteiger partial charge in [-0.25, -0.2) is 14.0 Å². The number of aliphatic hydroxyl groups is 12. The first-order valence-electron chi connectivity index (χ1n) is 27.5. The quantitative estimate of drug-likeness (QED) is 0.0238. The van der Waals surface area contributed by atoms with Crippen molar-refractivity contribution < 1.29 is 147 Å². The Bertz CT molecular complexity index is 3260. The molecule has 5 heterocycles. The molecular weight excluding hydrogens is 1190 g/mol. The topological polar surface area (TPSA) is 460 Å². The largest absolute Gasteiger partial charge is 0.508 e. The molecule has 0 spiro atoms. The fourth-order valence-corrected chi connectivity index (χ4v) is 9.89. The van der Waals surface area contributed by atoms with Crippen LogP contribution in [0.25, 0.3) is 34.4 Å². The monoisotopic (exact) mass is 1260 g/mol. The second-order valence-corrected chi connectivity index (χ2v) is 21.0. The predicted octanol–water partition coefficient (Wildman–Crippen LogP) is -1.57. The van der Waals surface area contributed by atoms with Gasteiger partial charge >= 0.3 is 23.3 Å². The van der Waals surface area contributed by atoms with Gasteiger partial charge < -0.3 is 133 Å². The molecule has 20 atom stereocenters. The lowest BCUT2D eigenvalue weighted by Crippen LogP contribution is -2.62. The van der Waals surface area contributed by atoms with Crippen LogP contribution in [0.15, 0.2) is 95.4 Å². The number of phenolic OH excluding ortho intramolecular Hbond substituents is 3. The van der Waals surface area contributed by atoms with E-state index in [1.807, 2.05) is 0 Å². The van der Waals surface area contributed by atoms with Crippen molar-refractivity contribution in [2.45, 2.75) is 130 Å². The van der Waals surface area contributed by atoms with E-state index in [0.717, 1.165) is 24.3 Å². The van der Waals surface area contributed by atoms with Crippen molar-refractivity contribution in [1.82, 2.24) is 0 Å². The zero-order valence-corrected chi connectivity index (χ0v) is 47.3. The number of rotatable bonds is 20. The van der Waals surface area contributed by atoms with Crippen molar-refractivity contribution >= 4 is 35.1 Å². The van der Waals surface area contributed by atoms with Crippen LogP contribution in [-0.4, -0.2) is 245 Å². The molecule has 4 aromatic carbocycles. The lowest BCUT2D eigenvalue weighted by atomic mass is 9.98. The number of ether oxygens (including phenoxy) is 12. The molecule has 0 saturated carbocycles. The van der Waals surface area contributed by atoms with Gasteiger partial charge in [0.2, 0.25) is 30.4 Å². The number of methoxy groups -OCH3 is 2. The molecule has 4 aliphatic heterocycles. The third-order valence-electron chi connectivity index (χ3n) is 14.9. The van der Waals surface area contributed by atoms with E-state index in [4.69, 9.17) is 61.3 Å². The van der Waals surface area contributed by atoms with Crippen LogP contribution in [0.1, 0.15) is 18.1 Å². The van der Waals surface area contributed by atoms with Gasteiger partial charge in [0.1, 0.15) is 120 Å². The van der Waals surface area contributed by atoms with Gasteiger partial charge in [-0.15, -0.1) is 0 Å². The maximum absolute atomic E-state index is 13.1. The highest BCUT2D eigenvalue weighted by Gasteiger charge is 2.51. The number of hydrogen-bond acceptors (Lipinski definition) is 29. The number of hydrogen-bond donors (Lipinski definition) is 15. The summed E-state index contributed by atoms with van der Waals surface area (Å²) < 4.78 is 74.1. The van der Waals surface area contributed by atoms with Crippen LogP contribution in [-0.2, 0) is 42.7 Å². The highest BCUT2D eigenvalue weighted by molar-refractivity contribution is 5.90. The zero-order chi connectivity index (χ0) is 64.1. The average Bonchev–Trinajstić information content (AvgIpc) is 1.16. The Balaban J connectivity index is 0.827. The number of carbonyl (C=O) groups is 2. The summed E-state index contributed by atoms with van der Waals surface area (Å²) in [6, 6.07) is 17.9. The Morgan fingerprint density at radius 2 is 1.02 bits per heavy atom. The van der Waals surface area contributed by atoms with Crippen molar-refractivity contribution in [3.63, 3.8) is 0 Å². The number of fused-ring (bicyclic) bond motifs is 1. The molecule has 89 heavy (non-hydrogen) atoms. The SMILES string of the molecule is COc1cc(-c2[o+]c3cc(O)cc(O[C@@H]4O[C@H](CO)[C@@H](O)[C@H](O)[C@H]4O)c3cc2O[C@@H]2O[C@H](CO[C@@H]3O[C@@H](C)[C@H](OC(=O)/C=C/c4ccc(O[C@@H]5O[C@H](COC(=O)C=Cc6ccc(O)cc6)[C@@H](O)[C@H](O)[C@H]5O)cc4)[C@@H](O)[C@H]3O)[C@@H](O)[C@H](O)[C@H]2O)cc(OC)c1O. The van der Waals surface area contributed by atoms with E-state index in [1.165, 1.54) is 87.9 Å². The van der Waals surface area contributed by atoms with Crippen LogP contribution in [0, 0.1) is 0 Å². The second kappa shape index (κ2) is 28.5. The smallest absolute Gasteiger partial charge is 0.402 e. The molecule has 5 aromatic rings. The van der Waals surface area contributed by atoms with Crippen molar-refractivity contribution in [3.8, 4) is 57.3 Å². The normalized spacial score (nSPS) is 32.3. The van der Waals surface area contributed by atoms with E-state index in [2.05, 4.69) is 0 Å². The number of esters is 2. The minimum absolute atomic E-state index is 0.0375. The van der Waals surface area contributed by atoms with Crippen LogP contribution in [0.2, 0.25) is 0 Å². The van der Waals surface area contributed by atoms with E-state index in [0.29, 0.717) is 11.1 Å². The Morgan fingerprint density at radius 1 is 0.517 bits per heavy atom. The van der Waals surface area contributed by atoms with Crippen LogP contribution in [0.5, 0.6) is 46.0 Å². The van der Waals surface area contributed by atoms with Crippen LogP contribution in [0.4, 0.5) is 0 Å². The average molecular weight is 1260 g/mol. The summed E-state index contributed by atoms with van der Waals surface area (Å²) in [5.74, 6) is -3.62. The van der Waals surface area contributed by atoms with Gasteiger partial charge in [0.05, 0.1) is 45.2 Å². The number of aliphatic hydroxyl groups excluding tert-OH is 12. The maximum atomic E-state index is 13.1. The number of phenols is 3. The fourth-order valence-electron chi connectivity index (χ4n) is 9.89. The Labute approximate surface area is 504 Å². The Kier molecular flexibility index (Phi) is 21.1. The van der Waals surface area contributed by atoms with Gasteiger partial charge in [-0.3, -0.25) is 0 Å². The molecule has 15 N–H and O–H groups in total. The third kappa shape index (κ3) is 14.9. The molecule has 0 radical (unpaired) electrons. The molecule has 0 unspecified atom stereocenters. The number of aromatic hydroxyl groups is 3. The predicted molar refractivity (Wildman–Crippen MR) is 297 cm³/mol. The first-order valence-corrected chi connectivity index (χ1v) is 27.5. The molecule has 1 aromatic heterocycles. The number of carbonyl (C=O) groups excluding carboxylic acids is 2. The van der Waals surface area contributed by atoms with Gasteiger partial charge in [-0.2, -0.15) is 0 Å². The van der Waals surface area contributed by atoms with E-state index in [1.54, 1.807) is 12.1 Å². The van der Waals surface area contributed by atoms with E-state index < -0.39 is 166 Å². The third-order valence-corrected chi connectivity index (χ3v) is 14.9. The standard InChI is InChI=1S/C59H66O30/c1-24-54(89-41(64)15-9-26-6-12-30(13-7-26)82-57-50(73)47(70)44(67)38(87-57)22-79-40(63)14-8-25-4-10-28(61)11-5-25)49(72)53(76)56(81-24)80-23-39-45(68)48(71)52(75)59(88-39)85-36-20-31-32(83-55(36)27-16-34(77-2)42(65)35(17-27)78-3)18-29(62)19-33(31)84-58-51(74)46(69)43(66)37(21-60)86-58/h4-20,24,37-39,43-54,56-60,66-76H,21-23H2,1-3H3,(H2-,61,62,63,65)/p+1/b15-9+/t24-,37+,38+,39+,43+,44+,45+,46-,47-,48-,49-,50+,51+,52+,53+,54-,56+,57+,58+,59+/m0/s1. The summed E-state index contributed by atoms with van der Waals surface area (Å²) in [7, 11) is 2.50. The molecule has 482 valence electrons. The van der Waals surface area contributed by atoms with Gasteiger partial charge in [0.15, 0.2) is 23.9 Å². The van der Waals surface area contributed by atoms with Crippen molar-refractivity contribution in [3.05, 3.63) is 102 Å². The fraction of sp³-hybridized carbons (Fsp3) is 0.441. The van der Waals surface area contributed by atoms with Gasteiger partial charge in [-0.1, -0.05) is 24.3 Å². The summed E-state index contributed by atoms with van der Waals surface area (Å²) in [5.41, 5.74) is 0.931. The highest BCUT2D eigenvalue weighted by atomic mass is 16.7. The molecule has 4 fully saturated rings. The summed E-state index contributed by atoms with van der Waals surface area (Å²) in [6.45, 7) is -0.640. The summed E-state index contributed by atoms with van der Waals surface area (Å²) in [6.07, 6.45) is -29.3. The molecule has 0 bridgehead atoms. The molecule has 4 aliphatic rings. The summed E-state index contributed by atoms with van der Waals surface area (Å²) in [5, 5.41) is 160. The minimum atomic E-state index is -2.03. The first kappa shape index (κ1) is 65.9. The van der Waals surface area contributed by atoms with Gasteiger partial charge in [-0.05, 0) is 54.5 Å². The van der Waals surface area contributed by atoms with E-state index in [9.17, 15) is 86.2 Å². The van der Waals surface area contributed by atoms with E-state index in [-0.39, 0.29) is 56.8 Å². The van der Waals surface area contributed by atoms with Gasteiger partial charge in [0.25, 0.3) is 0 Å². The van der Waals surface area contributed by atoms with Gasteiger partial charge in [0, 0.05) is 36.4 Å². The lowest BCUT2D eigenvalue weighted by Gasteiger charge is -2.42. The molecule has 0 aliphatic carbocycles. The Hall–Kier alpha value is -7.57. The molecule has 4 saturated heterocycles. The van der Waals surface area contributed by atoms with Crippen LogP contribution < -0.4 is 23.7 Å². The van der Waals surface area contributed by atoms with E-state index >= 15 is 0 Å². The summed E-state index contributed by atoms with van der Waals surface area (Å²) >= 11 is 0. The molecule has 0 amide bonds. The van der Waals surface area contributed by atoms with Crippen molar-refractivity contribution in [1.29, 1.82) is 0 Å². The van der Waals surface area contributed by atoms with Crippen LogP contribution in [0.3, 0.4) is 0 Å². The maximum Gasteiger partial charge on any atom is 0.402 e. The molecule has 30 nitrogen and oxygen atoms in total. The zero-order valence-electron chi connectivity index (χ0n) is 47.3. The number of benzene rings is 4. The second-order valence-electron chi connectivity index (χ2n) is 21.0. The highest BCUT2D eigenvalue weighted by Crippen LogP contribution is 2.46. The van der Waals surface area contributed by atoms with Crippen molar-refractivity contribution in [2.75, 3.05) is 34.0 Å². The molecule has 30 heteroatoms.